The standard InChI is InChI=1S/C14H22F2N2/c1-4-10(2)8-18(3)9-13(17)11-6-5-7-12(15)14(11)16/h5-7,10,13H,4,8-9,17H2,1-3H3. The van der Waals surface area contributed by atoms with Gasteiger partial charge < -0.3 is 10.6 Å². The van der Waals surface area contributed by atoms with Crippen molar-refractivity contribution in [2.24, 2.45) is 11.7 Å². The molecular weight excluding hydrogens is 234 g/mol. The second-order valence-corrected chi connectivity index (χ2v) is 4.98. The van der Waals surface area contributed by atoms with Crippen molar-refractivity contribution in [1.29, 1.82) is 0 Å². The van der Waals surface area contributed by atoms with Crippen molar-refractivity contribution in [3.63, 3.8) is 0 Å². The van der Waals surface area contributed by atoms with Crippen molar-refractivity contribution in [3.8, 4) is 0 Å². The van der Waals surface area contributed by atoms with Crippen LogP contribution in [0.2, 0.25) is 0 Å². The third-order valence-electron chi connectivity index (χ3n) is 3.21. The Morgan fingerprint density at radius 2 is 1.94 bits per heavy atom. The second kappa shape index (κ2) is 6.81. The summed E-state index contributed by atoms with van der Waals surface area (Å²) >= 11 is 0. The van der Waals surface area contributed by atoms with Crippen LogP contribution in [-0.4, -0.2) is 25.0 Å². The normalized spacial score (nSPS) is 14.8. The van der Waals surface area contributed by atoms with Crippen LogP contribution >= 0.6 is 0 Å². The number of halogens is 2. The Balaban J connectivity index is 2.65. The number of nitrogens with two attached hydrogens (primary N) is 1. The molecule has 0 spiro atoms. The van der Waals surface area contributed by atoms with Gasteiger partial charge in [-0.3, -0.25) is 0 Å². The average Bonchev–Trinajstić information content (AvgIpc) is 2.32. The van der Waals surface area contributed by atoms with Crippen LogP contribution in [0.5, 0.6) is 0 Å². The third kappa shape index (κ3) is 4.03. The van der Waals surface area contributed by atoms with Gasteiger partial charge in [0, 0.05) is 24.7 Å². The summed E-state index contributed by atoms with van der Waals surface area (Å²) in [4.78, 5) is 2.06. The van der Waals surface area contributed by atoms with E-state index in [1.807, 2.05) is 7.05 Å². The predicted molar refractivity (Wildman–Crippen MR) is 70.2 cm³/mol. The molecule has 1 aromatic carbocycles. The summed E-state index contributed by atoms with van der Waals surface area (Å²) in [5, 5.41) is 0. The lowest BCUT2D eigenvalue weighted by Gasteiger charge is -2.24. The molecule has 2 N–H and O–H groups in total. The van der Waals surface area contributed by atoms with Gasteiger partial charge in [-0.05, 0) is 19.0 Å². The van der Waals surface area contributed by atoms with Gasteiger partial charge in [-0.1, -0.05) is 32.4 Å². The first-order chi connectivity index (χ1) is 8.45. The van der Waals surface area contributed by atoms with Crippen LogP contribution in [0.15, 0.2) is 18.2 Å². The minimum absolute atomic E-state index is 0.242. The van der Waals surface area contributed by atoms with Crippen molar-refractivity contribution >= 4 is 0 Å². The van der Waals surface area contributed by atoms with Crippen molar-refractivity contribution in [2.75, 3.05) is 20.1 Å². The molecule has 4 heteroatoms. The fourth-order valence-electron chi connectivity index (χ4n) is 1.98. The molecule has 2 unspecified atom stereocenters. The zero-order chi connectivity index (χ0) is 13.7. The highest BCUT2D eigenvalue weighted by Gasteiger charge is 2.16. The minimum atomic E-state index is -0.840. The van der Waals surface area contributed by atoms with E-state index in [4.69, 9.17) is 5.73 Å². The first-order valence-electron chi connectivity index (χ1n) is 6.33. The quantitative estimate of drug-likeness (QED) is 0.848. The van der Waals surface area contributed by atoms with Crippen molar-refractivity contribution in [2.45, 2.75) is 26.3 Å². The number of likely N-dealkylation sites (N-methyl/N-ethyl adjacent to an activating group) is 1. The number of hydrogen-bond acceptors (Lipinski definition) is 2. The first kappa shape index (κ1) is 15.1. The fourth-order valence-corrected chi connectivity index (χ4v) is 1.98. The van der Waals surface area contributed by atoms with Crippen LogP contribution in [0.3, 0.4) is 0 Å². The molecule has 0 fully saturated rings. The molecule has 0 aliphatic carbocycles. The lowest BCUT2D eigenvalue weighted by Crippen LogP contribution is -2.32. The predicted octanol–water partition coefficient (Wildman–Crippen LogP) is 2.94. The molecule has 0 aliphatic heterocycles. The zero-order valence-corrected chi connectivity index (χ0v) is 11.3. The molecule has 2 nitrogen and oxygen atoms in total. The summed E-state index contributed by atoms with van der Waals surface area (Å²) in [6.07, 6.45) is 1.09. The smallest absolute Gasteiger partial charge is 0.163 e. The maximum atomic E-state index is 13.6. The maximum Gasteiger partial charge on any atom is 0.163 e. The molecule has 0 saturated heterocycles. The Morgan fingerprint density at radius 1 is 1.28 bits per heavy atom. The number of benzene rings is 1. The van der Waals surface area contributed by atoms with Gasteiger partial charge >= 0.3 is 0 Å². The number of hydrogen-bond donors (Lipinski definition) is 1. The average molecular weight is 256 g/mol. The molecule has 18 heavy (non-hydrogen) atoms. The molecule has 0 saturated carbocycles. The summed E-state index contributed by atoms with van der Waals surface area (Å²) in [5.41, 5.74) is 6.18. The monoisotopic (exact) mass is 256 g/mol. The lowest BCUT2D eigenvalue weighted by atomic mass is 10.0. The number of rotatable bonds is 6. The number of nitrogens with zero attached hydrogens (tertiary/aromatic N) is 1. The van der Waals surface area contributed by atoms with Gasteiger partial charge in [0.05, 0.1) is 0 Å². The van der Waals surface area contributed by atoms with Crippen molar-refractivity contribution in [1.82, 2.24) is 4.90 Å². The van der Waals surface area contributed by atoms with E-state index < -0.39 is 17.7 Å². The molecular formula is C14H22F2N2. The van der Waals surface area contributed by atoms with Crippen LogP contribution in [0.4, 0.5) is 8.78 Å². The Labute approximate surface area is 108 Å². The highest BCUT2D eigenvalue weighted by Crippen LogP contribution is 2.18. The Hall–Kier alpha value is -1.00. The molecule has 1 aromatic rings. The van der Waals surface area contributed by atoms with Gasteiger partial charge in [-0.15, -0.1) is 0 Å². The first-order valence-corrected chi connectivity index (χ1v) is 6.33. The van der Waals surface area contributed by atoms with Gasteiger partial charge in [0.15, 0.2) is 11.6 Å². The summed E-state index contributed by atoms with van der Waals surface area (Å²) in [6.45, 7) is 5.71. The highest BCUT2D eigenvalue weighted by atomic mass is 19.2. The van der Waals surface area contributed by atoms with Crippen LogP contribution < -0.4 is 5.73 Å². The lowest BCUT2D eigenvalue weighted by molar-refractivity contribution is 0.265. The Morgan fingerprint density at radius 3 is 2.56 bits per heavy atom. The van der Waals surface area contributed by atoms with E-state index in [0.29, 0.717) is 12.5 Å². The Kier molecular flexibility index (Phi) is 5.69. The van der Waals surface area contributed by atoms with Gasteiger partial charge in [-0.25, -0.2) is 8.78 Å². The fraction of sp³-hybridized carbons (Fsp3) is 0.571. The third-order valence-corrected chi connectivity index (χ3v) is 3.21. The molecule has 2 atom stereocenters. The molecule has 0 aliphatic rings. The van der Waals surface area contributed by atoms with Gasteiger partial charge in [-0.2, -0.15) is 0 Å². The van der Waals surface area contributed by atoms with Gasteiger partial charge in [0.2, 0.25) is 0 Å². The molecule has 0 bridgehead atoms. The summed E-state index contributed by atoms with van der Waals surface area (Å²) in [7, 11) is 1.95. The van der Waals surface area contributed by atoms with Gasteiger partial charge in [0.25, 0.3) is 0 Å². The van der Waals surface area contributed by atoms with E-state index in [9.17, 15) is 8.78 Å². The molecule has 0 radical (unpaired) electrons. The molecule has 0 amide bonds. The topological polar surface area (TPSA) is 29.3 Å². The van der Waals surface area contributed by atoms with E-state index in [2.05, 4.69) is 18.7 Å². The van der Waals surface area contributed by atoms with Crippen LogP contribution in [0.25, 0.3) is 0 Å². The largest absolute Gasteiger partial charge is 0.323 e. The SMILES string of the molecule is CCC(C)CN(C)CC(N)c1cccc(F)c1F. The molecule has 102 valence electrons. The van der Waals surface area contributed by atoms with Crippen LogP contribution in [-0.2, 0) is 0 Å². The second-order valence-electron chi connectivity index (χ2n) is 4.98. The maximum absolute atomic E-state index is 13.6. The summed E-state index contributed by atoms with van der Waals surface area (Å²) in [6, 6.07) is 3.63. The van der Waals surface area contributed by atoms with Crippen molar-refractivity contribution in [3.05, 3.63) is 35.4 Å². The molecule has 0 heterocycles. The van der Waals surface area contributed by atoms with Crippen LogP contribution in [0, 0.1) is 17.6 Å². The summed E-state index contributed by atoms with van der Waals surface area (Å²) in [5.74, 6) is -1.10. The van der Waals surface area contributed by atoms with E-state index in [0.717, 1.165) is 19.0 Å². The molecule has 1 rings (SSSR count). The highest BCUT2D eigenvalue weighted by molar-refractivity contribution is 5.22. The van der Waals surface area contributed by atoms with E-state index in [-0.39, 0.29) is 5.56 Å². The zero-order valence-electron chi connectivity index (χ0n) is 11.3. The van der Waals surface area contributed by atoms with Crippen molar-refractivity contribution < 1.29 is 8.78 Å². The summed E-state index contributed by atoms with van der Waals surface area (Å²) < 4.78 is 26.7. The van der Waals surface area contributed by atoms with E-state index in [1.165, 1.54) is 6.07 Å². The minimum Gasteiger partial charge on any atom is -0.323 e. The van der Waals surface area contributed by atoms with E-state index in [1.54, 1.807) is 6.07 Å². The van der Waals surface area contributed by atoms with Gasteiger partial charge in [0.1, 0.15) is 0 Å². The van der Waals surface area contributed by atoms with E-state index >= 15 is 0 Å². The Bertz CT molecular complexity index is 382. The van der Waals surface area contributed by atoms with Crippen LogP contribution in [0.1, 0.15) is 31.9 Å². The molecule has 0 aromatic heterocycles.